The number of para-hydroxylation sites is 1. The number of carbonyl (C=O) groups excluding carboxylic acids is 1. The zero-order valence-corrected chi connectivity index (χ0v) is 11.4. The number of rotatable bonds is 5. The van der Waals surface area contributed by atoms with Crippen LogP contribution in [0.25, 0.3) is 10.9 Å². The minimum Gasteiger partial charge on any atom is -0.468 e. The molecule has 0 saturated carbocycles. The summed E-state index contributed by atoms with van der Waals surface area (Å²) in [5.41, 5.74) is 4.76. The highest BCUT2D eigenvalue weighted by Crippen LogP contribution is 2.16. The van der Waals surface area contributed by atoms with Crippen molar-refractivity contribution < 1.29 is 9.53 Å². The van der Waals surface area contributed by atoms with Crippen molar-refractivity contribution in [1.29, 1.82) is 0 Å². The third-order valence-electron chi connectivity index (χ3n) is 2.86. The third-order valence-corrected chi connectivity index (χ3v) is 2.86. The molecule has 0 aliphatic heterocycles. The average molecular weight is 272 g/mol. The number of ether oxygens (including phenoxy) is 1. The van der Waals surface area contributed by atoms with Gasteiger partial charge in [0.25, 0.3) is 0 Å². The van der Waals surface area contributed by atoms with Crippen molar-refractivity contribution in [2.75, 3.05) is 13.7 Å². The normalized spacial score (nSPS) is 11.5. The molecule has 0 amide bonds. The first-order valence-electron chi connectivity index (χ1n) is 6.10. The van der Waals surface area contributed by atoms with Gasteiger partial charge in [0.15, 0.2) is 0 Å². The fourth-order valence-corrected chi connectivity index (χ4v) is 1.80. The van der Waals surface area contributed by atoms with Crippen molar-refractivity contribution in [1.82, 2.24) is 9.99 Å². The van der Waals surface area contributed by atoms with Crippen molar-refractivity contribution in [2.45, 2.75) is 0 Å². The summed E-state index contributed by atoms with van der Waals surface area (Å²) in [6.07, 6.45) is 3.06. The van der Waals surface area contributed by atoms with E-state index in [1.165, 1.54) is 13.4 Å². The summed E-state index contributed by atoms with van der Waals surface area (Å²) in [7, 11) is 3.30. The van der Waals surface area contributed by atoms with Gasteiger partial charge < -0.3 is 9.30 Å². The zero-order valence-electron chi connectivity index (χ0n) is 11.4. The summed E-state index contributed by atoms with van der Waals surface area (Å²) < 4.78 is 6.50. The lowest BCUT2D eigenvalue weighted by atomic mass is 10.2. The molecule has 0 atom stereocenters. The molecular formula is C14H16N4O2. The van der Waals surface area contributed by atoms with Gasteiger partial charge in [0, 0.05) is 18.0 Å². The summed E-state index contributed by atoms with van der Waals surface area (Å²) in [6, 6.07) is 10.2. The van der Waals surface area contributed by atoms with Gasteiger partial charge in [-0.3, -0.25) is 15.2 Å². The van der Waals surface area contributed by atoms with E-state index < -0.39 is 0 Å². The Morgan fingerprint density at radius 3 is 3.00 bits per heavy atom. The standard InChI is InChI=1S/C14H16N4O2/c1-18-12(7-11-5-3-4-6-13(11)18)8-16-17-10-15-9-14(19)20-2/h3-8,10H,9H2,1-2H3,(H,15,17)/b16-8+. The Kier molecular flexibility index (Phi) is 4.49. The second-order valence-electron chi connectivity index (χ2n) is 4.12. The van der Waals surface area contributed by atoms with E-state index in [1.54, 1.807) is 6.21 Å². The van der Waals surface area contributed by atoms with Gasteiger partial charge in [-0.2, -0.15) is 5.10 Å². The number of aliphatic imine (C=N–C) groups is 1. The summed E-state index contributed by atoms with van der Waals surface area (Å²) in [6.45, 7) is -0.0208. The van der Waals surface area contributed by atoms with Crippen LogP contribution in [-0.2, 0) is 16.6 Å². The molecule has 0 spiro atoms. The van der Waals surface area contributed by atoms with Crippen LogP contribution < -0.4 is 5.43 Å². The molecule has 0 bridgehead atoms. The maximum atomic E-state index is 10.8. The Morgan fingerprint density at radius 2 is 2.25 bits per heavy atom. The van der Waals surface area contributed by atoms with Crippen molar-refractivity contribution in [3.8, 4) is 0 Å². The number of hydrogen-bond donors (Lipinski definition) is 1. The Balaban J connectivity index is 1.96. The number of methoxy groups -OCH3 is 1. The van der Waals surface area contributed by atoms with Crippen LogP contribution in [0.15, 0.2) is 40.4 Å². The molecule has 6 nitrogen and oxygen atoms in total. The van der Waals surface area contributed by atoms with E-state index in [0.29, 0.717) is 0 Å². The molecule has 1 aromatic heterocycles. The Hall–Kier alpha value is -2.63. The van der Waals surface area contributed by atoms with Gasteiger partial charge >= 0.3 is 5.97 Å². The Bertz CT molecular complexity index is 658. The fourth-order valence-electron chi connectivity index (χ4n) is 1.80. The molecule has 2 rings (SSSR count). The van der Waals surface area contributed by atoms with Crippen molar-refractivity contribution in [3.63, 3.8) is 0 Å². The minimum atomic E-state index is -0.388. The first-order chi connectivity index (χ1) is 9.72. The summed E-state index contributed by atoms with van der Waals surface area (Å²) in [5.74, 6) is -0.388. The van der Waals surface area contributed by atoms with Gasteiger partial charge in [0.05, 0.1) is 19.0 Å². The van der Waals surface area contributed by atoms with E-state index in [-0.39, 0.29) is 12.5 Å². The average Bonchev–Trinajstić information content (AvgIpc) is 2.79. The fraction of sp³-hybridized carbons (Fsp3) is 0.214. The highest BCUT2D eigenvalue weighted by molar-refractivity contribution is 5.90. The number of esters is 1. The van der Waals surface area contributed by atoms with Gasteiger partial charge in [-0.25, -0.2) is 0 Å². The molecule has 0 aliphatic rings. The number of fused-ring (bicyclic) bond motifs is 1. The number of nitrogens with zero attached hydrogens (tertiary/aromatic N) is 3. The molecule has 0 unspecified atom stereocenters. The van der Waals surface area contributed by atoms with E-state index >= 15 is 0 Å². The quantitative estimate of drug-likeness (QED) is 0.386. The van der Waals surface area contributed by atoms with E-state index in [0.717, 1.165) is 16.6 Å². The maximum absolute atomic E-state index is 10.8. The largest absolute Gasteiger partial charge is 0.468 e. The van der Waals surface area contributed by atoms with Gasteiger partial charge in [0.1, 0.15) is 12.9 Å². The van der Waals surface area contributed by atoms with Crippen LogP contribution in [0, 0.1) is 0 Å². The summed E-state index contributed by atoms with van der Waals surface area (Å²) >= 11 is 0. The molecular weight excluding hydrogens is 256 g/mol. The molecule has 1 N–H and O–H groups in total. The molecule has 0 fully saturated rings. The summed E-state index contributed by atoms with van der Waals surface area (Å²) in [5, 5.41) is 5.19. The summed E-state index contributed by atoms with van der Waals surface area (Å²) in [4.78, 5) is 14.6. The van der Waals surface area contributed by atoms with Crippen LogP contribution in [0.5, 0.6) is 0 Å². The van der Waals surface area contributed by atoms with Crippen LogP contribution in [0.1, 0.15) is 5.69 Å². The Morgan fingerprint density at radius 1 is 1.45 bits per heavy atom. The van der Waals surface area contributed by atoms with Gasteiger partial charge in [-0.05, 0) is 12.1 Å². The molecule has 1 heterocycles. The lowest BCUT2D eigenvalue weighted by Crippen LogP contribution is -2.08. The van der Waals surface area contributed by atoms with Crippen molar-refractivity contribution in [3.05, 3.63) is 36.0 Å². The SMILES string of the molecule is COC(=O)CN=CN/N=C/c1cc2ccccc2n1C. The Labute approximate surface area is 116 Å². The van der Waals surface area contributed by atoms with Gasteiger partial charge in [0.2, 0.25) is 0 Å². The predicted octanol–water partition coefficient (Wildman–Crippen LogP) is 1.30. The predicted molar refractivity (Wildman–Crippen MR) is 79.0 cm³/mol. The number of aromatic nitrogens is 1. The topological polar surface area (TPSA) is 68.0 Å². The van der Waals surface area contributed by atoms with E-state index in [2.05, 4.69) is 32.4 Å². The van der Waals surface area contributed by atoms with E-state index in [4.69, 9.17) is 0 Å². The molecule has 104 valence electrons. The van der Waals surface area contributed by atoms with Gasteiger partial charge in [-0.1, -0.05) is 18.2 Å². The highest BCUT2D eigenvalue weighted by Gasteiger charge is 2.01. The second kappa shape index (κ2) is 6.51. The second-order valence-corrected chi connectivity index (χ2v) is 4.12. The highest BCUT2D eigenvalue weighted by atomic mass is 16.5. The van der Waals surface area contributed by atoms with Crippen LogP contribution in [0.4, 0.5) is 0 Å². The monoisotopic (exact) mass is 272 g/mol. The lowest BCUT2D eigenvalue weighted by molar-refractivity contribution is -0.138. The third kappa shape index (κ3) is 3.23. The molecule has 6 heteroatoms. The number of hydrazone groups is 1. The first-order valence-corrected chi connectivity index (χ1v) is 6.10. The number of nitrogens with one attached hydrogen (secondary N) is 1. The molecule has 0 radical (unpaired) electrons. The number of aryl methyl sites for hydroxylation is 1. The maximum Gasteiger partial charge on any atom is 0.327 e. The smallest absolute Gasteiger partial charge is 0.327 e. The molecule has 20 heavy (non-hydrogen) atoms. The lowest BCUT2D eigenvalue weighted by Gasteiger charge is -1.98. The van der Waals surface area contributed by atoms with Crippen LogP contribution >= 0.6 is 0 Å². The van der Waals surface area contributed by atoms with Crippen LogP contribution in [-0.4, -0.2) is 36.7 Å². The first kappa shape index (κ1) is 13.8. The number of carbonyl (C=O) groups is 1. The molecule has 1 aromatic carbocycles. The van der Waals surface area contributed by atoms with Crippen LogP contribution in [0.3, 0.4) is 0 Å². The van der Waals surface area contributed by atoms with Crippen LogP contribution in [0.2, 0.25) is 0 Å². The molecule has 0 aliphatic carbocycles. The van der Waals surface area contributed by atoms with E-state index in [9.17, 15) is 4.79 Å². The van der Waals surface area contributed by atoms with Gasteiger partial charge in [-0.15, -0.1) is 0 Å². The number of benzene rings is 1. The van der Waals surface area contributed by atoms with E-state index in [1.807, 2.05) is 29.8 Å². The zero-order chi connectivity index (χ0) is 14.4. The molecule has 2 aromatic rings. The molecule has 0 saturated heterocycles. The van der Waals surface area contributed by atoms with Crippen molar-refractivity contribution >= 4 is 29.4 Å². The van der Waals surface area contributed by atoms with Crippen molar-refractivity contribution in [2.24, 2.45) is 17.1 Å². The minimum absolute atomic E-state index is 0.0208. The number of hydrogen-bond acceptors (Lipinski definition) is 4.